The van der Waals surface area contributed by atoms with Crippen molar-refractivity contribution in [3.05, 3.63) is 65.5 Å². The number of carbonyl (C=O) groups excluding carboxylic acids is 2. The van der Waals surface area contributed by atoms with E-state index >= 15 is 0 Å². The SMILES string of the molecule is COc1ccc(C(=O)N[C@H](c2nnc(SCC(=O)N3CCc4ccccc43)n2C)C(C)C)cc1. The Bertz CT molecular complexity index is 1180. The van der Waals surface area contributed by atoms with Crippen LogP contribution in [0, 0.1) is 5.92 Å². The van der Waals surface area contributed by atoms with Gasteiger partial charge >= 0.3 is 0 Å². The van der Waals surface area contributed by atoms with E-state index in [1.165, 1.54) is 17.3 Å². The number of methoxy groups -OCH3 is 1. The average molecular weight is 480 g/mol. The Labute approximate surface area is 203 Å². The number of carbonyl (C=O) groups is 2. The number of aromatic nitrogens is 3. The molecule has 1 N–H and O–H groups in total. The average Bonchev–Trinajstić information content (AvgIpc) is 3.44. The third-order valence-corrected chi connectivity index (χ3v) is 6.97. The first-order chi connectivity index (χ1) is 16.4. The molecule has 0 saturated heterocycles. The molecule has 1 atom stereocenters. The maximum Gasteiger partial charge on any atom is 0.251 e. The normalized spacial score (nSPS) is 13.6. The summed E-state index contributed by atoms with van der Waals surface area (Å²) in [7, 11) is 3.45. The molecule has 8 nitrogen and oxygen atoms in total. The predicted molar refractivity (Wildman–Crippen MR) is 132 cm³/mol. The molecule has 0 aliphatic carbocycles. The minimum absolute atomic E-state index is 0.0488. The number of hydrogen-bond donors (Lipinski definition) is 1. The molecule has 178 valence electrons. The highest BCUT2D eigenvalue weighted by Crippen LogP contribution is 2.29. The highest BCUT2D eigenvalue weighted by Gasteiger charge is 2.27. The largest absolute Gasteiger partial charge is 0.497 e. The number of rotatable bonds is 8. The first-order valence-corrected chi connectivity index (χ1v) is 12.2. The fourth-order valence-corrected chi connectivity index (χ4v) is 4.81. The summed E-state index contributed by atoms with van der Waals surface area (Å²) in [5, 5.41) is 12.4. The molecule has 2 heterocycles. The van der Waals surface area contributed by atoms with Gasteiger partial charge in [0.25, 0.3) is 5.91 Å². The minimum Gasteiger partial charge on any atom is -0.497 e. The van der Waals surface area contributed by atoms with Crippen molar-refractivity contribution in [3.8, 4) is 5.75 Å². The molecule has 1 aromatic heterocycles. The Morgan fingerprint density at radius 3 is 2.56 bits per heavy atom. The van der Waals surface area contributed by atoms with Gasteiger partial charge in [-0.25, -0.2) is 0 Å². The van der Waals surface area contributed by atoms with Gasteiger partial charge in [-0.05, 0) is 48.2 Å². The minimum atomic E-state index is -0.331. The van der Waals surface area contributed by atoms with E-state index in [2.05, 4.69) is 21.6 Å². The molecule has 0 spiro atoms. The van der Waals surface area contributed by atoms with Crippen molar-refractivity contribution in [2.24, 2.45) is 13.0 Å². The molecule has 4 rings (SSSR count). The van der Waals surface area contributed by atoms with Crippen LogP contribution in [0.2, 0.25) is 0 Å². The monoisotopic (exact) mass is 479 g/mol. The molecule has 0 saturated carbocycles. The van der Waals surface area contributed by atoms with Crippen molar-refractivity contribution >= 4 is 29.3 Å². The van der Waals surface area contributed by atoms with E-state index in [1.54, 1.807) is 31.4 Å². The third-order valence-electron chi connectivity index (χ3n) is 5.97. The standard InChI is InChI=1S/C25H29N5O3S/c1-16(2)22(26-24(32)18-9-11-19(33-4)12-10-18)23-27-28-25(29(23)3)34-15-21(31)30-14-13-17-7-5-6-8-20(17)30/h5-12,16,22H,13-15H2,1-4H3,(H,26,32)/t22-/m0/s1. The molecular weight excluding hydrogens is 450 g/mol. The van der Waals surface area contributed by atoms with E-state index in [-0.39, 0.29) is 29.5 Å². The fraction of sp³-hybridized carbons (Fsp3) is 0.360. The third kappa shape index (κ3) is 4.94. The van der Waals surface area contributed by atoms with E-state index in [9.17, 15) is 9.59 Å². The van der Waals surface area contributed by atoms with Crippen LogP contribution in [0.3, 0.4) is 0 Å². The lowest BCUT2D eigenvalue weighted by Crippen LogP contribution is -2.33. The van der Waals surface area contributed by atoms with E-state index < -0.39 is 0 Å². The van der Waals surface area contributed by atoms with Crippen LogP contribution in [-0.4, -0.2) is 46.0 Å². The van der Waals surface area contributed by atoms with Crippen LogP contribution in [-0.2, 0) is 18.3 Å². The lowest BCUT2D eigenvalue weighted by molar-refractivity contribution is -0.116. The molecule has 0 fully saturated rings. The summed E-state index contributed by atoms with van der Waals surface area (Å²) >= 11 is 1.36. The van der Waals surface area contributed by atoms with Crippen LogP contribution in [0.1, 0.15) is 41.6 Å². The number of hydrogen-bond acceptors (Lipinski definition) is 6. The highest BCUT2D eigenvalue weighted by atomic mass is 32.2. The summed E-state index contributed by atoms with van der Waals surface area (Å²) in [6, 6.07) is 14.7. The zero-order valence-electron chi connectivity index (χ0n) is 19.8. The summed E-state index contributed by atoms with van der Waals surface area (Å²) in [6.45, 7) is 4.75. The van der Waals surface area contributed by atoms with Crippen molar-refractivity contribution in [3.63, 3.8) is 0 Å². The molecular formula is C25H29N5O3S. The predicted octanol–water partition coefficient (Wildman–Crippen LogP) is 3.63. The first kappa shape index (κ1) is 23.8. The van der Waals surface area contributed by atoms with Crippen molar-refractivity contribution in [1.82, 2.24) is 20.1 Å². The maximum atomic E-state index is 12.9. The van der Waals surface area contributed by atoms with Gasteiger partial charge in [-0.2, -0.15) is 0 Å². The van der Waals surface area contributed by atoms with Crippen LogP contribution in [0.15, 0.2) is 53.7 Å². The lowest BCUT2D eigenvalue weighted by atomic mass is 10.0. The molecule has 2 amide bonds. The number of benzene rings is 2. The Hall–Kier alpha value is -3.33. The van der Waals surface area contributed by atoms with Crippen LogP contribution in [0.4, 0.5) is 5.69 Å². The smallest absolute Gasteiger partial charge is 0.251 e. The van der Waals surface area contributed by atoms with Gasteiger partial charge in [0.2, 0.25) is 5.91 Å². The number of nitrogens with one attached hydrogen (secondary N) is 1. The van der Waals surface area contributed by atoms with Crippen molar-refractivity contribution in [2.75, 3.05) is 24.3 Å². The Kier molecular flexibility index (Phi) is 7.21. The van der Waals surface area contributed by atoms with Gasteiger partial charge in [-0.15, -0.1) is 10.2 Å². The lowest BCUT2D eigenvalue weighted by Gasteiger charge is -2.22. The Balaban J connectivity index is 1.43. The summed E-state index contributed by atoms with van der Waals surface area (Å²) in [4.78, 5) is 27.6. The number of nitrogens with zero attached hydrogens (tertiary/aromatic N) is 4. The van der Waals surface area contributed by atoms with Crippen molar-refractivity contribution < 1.29 is 14.3 Å². The molecule has 34 heavy (non-hydrogen) atoms. The highest BCUT2D eigenvalue weighted by molar-refractivity contribution is 7.99. The molecule has 0 bridgehead atoms. The van der Waals surface area contributed by atoms with Crippen LogP contribution in [0.25, 0.3) is 0 Å². The molecule has 3 aromatic rings. The van der Waals surface area contributed by atoms with E-state index in [4.69, 9.17) is 4.74 Å². The molecule has 0 unspecified atom stereocenters. The summed E-state index contributed by atoms with van der Waals surface area (Å²) in [5.74, 6) is 1.56. The second kappa shape index (κ2) is 10.3. The molecule has 9 heteroatoms. The van der Waals surface area contributed by atoms with E-state index in [1.807, 2.05) is 48.6 Å². The first-order valence-electron chi connectivity index (χ1n) is 11.2. The second-order valence-electron chi connectivity index (χ2n) is 8.54. The zero-order valence-corrected chi connectivity index (χ0v) is 20.6. The molecule has 1 aliphatic heterocycles. The van der Waals surface area contributed by atoms with Crippen LogP contribution >= 0.6 is 11.8 Å². The summed E-state index contributed by atoms with van der Waals surface area (Å²) < 4.78 is 7.02. The molecule has 1 aliphatic rings. The number of amides is 2. The number of thioether (sulfide) groups is 1. The van der Waals surface area contributed by atoms with Crippen LogP contribution < -0.4 is 15.0 Å². The molecule has 2 aromatic carbocycles. The zero-order chi connectivity index (χ0) is 24.2. The second-order valence-corrected chi connectivity index (χ2v) is 9.48. The van der Waals surface area contributed by atoms with Gasteiger partial charge in [0, 0.05) is 24.8 Å². The van der Waals surface area contributed by atoms with Crippen molar-refractivity contribution in [2.45, 2.75) is 31.5 Å². The van der Waals surface area contributed by atoms with Gasteiger partial charge in [0.05, 0.1) is 18.9 Å². The Morgan fingerprint density at radius 1 is 1.12 bits per heavy atom. The van der Waals surface area contributed by atoms with Crippen LogP contribution in [0.5, 0.6) is 5.75 Å². The summed E-state index contributed by atoms with van der Waals surface area (Å²) in [5.41, 5.74) is 2.74. The van der Waals surface area contributed by atoms with E-state index in [0.717, 1.165) is 12.1 Å². The fourth-order valence-electron chi connectivity index (χ4n) is 4.02. The Morgan fingerprint density at radius 2 is 1.85 bits per heavy atom. The number of ether oxygens (including phenoxy) is 1. The van der Waals surface area contributed by atoms with Gasteiger partial charge in [-0.1, -0.05) is 43.8 Å². The van der Waals surface area contributed by atoms with Gasteiger partial charge in [-0.3, -0.25) is 9.59 Å². The number of para-hydroxylation sites is 1. The van der Waals surface area contributed by atoms with Gasteiger partial charge < -0.3 is 19.5 Å². The van der Waals surface area contributed by atoms with E-state index in [0.29, 0.717) is 28.8 Å². The van der Waals surface area contributed by atoms with Crippen molar-refractivity contribution in [1.29, 1.82) is 0 Å². The topological polar surface area (TPSA) is 89.3 Å². The number of anilines is 1. The molecule has 0 radical (unpaired) electrons. The quantitative estimate of drug-likeness (QED) is 0.496. The summed E-state index contributed by atoms with van der Waals surface area (Å²) in [6.07, 6.45) is 0.880. The van der Waals surface area contributed by atoms with Gasteiger partial charge in [0.1, 0.15) is 5.75 Å². The number of fused-ring (bicyclic) bond motifs is 1. The van der Waals surface area contributed by atoms with Gasteiger partial charge in [0.15, 0.2) is 11.0 Å². The maximum absolute atomic E-state index is 12.9.